The molecule has 6 nitrogen and oxygen atoms in total. The maximum atomic E-state index is 10.9. The van der Waals surface area contributed by atoms with E-state index < -0.39 is 12.0 Å². The van der Waals surface area contributed by atoms with E-state index in [2.05, 4.69) is 13.8 Å². The Bertz CT molecular complexity index is 1150. The first-order chi connectivity index (χ1) is 17.2. The van der Waals surface area contributed by atoms with E-state index in [0.717, 1.165) is 16.7 Å². The summed E-state index contributed by atoms with van der Waals surface area (Å²) in [6.45, 7) is 9.80. The van der Waals surface area contributed by atoms with E-state index in [-0.39, 0.29) is 18.5 Å². The molecule has 0 aromatic heterocycles. The summed E-state index contributed by atoms with van der Waals surface area (Å²) >= 11 is 0. The van der Waals surface area contributed by atoms with Gasteiger partial charge in [-0.05, 0) is 68.1 Å². The number of phenols is 1. The van der Waals surface area contributed by atoms with Crippen LogP contribution in [0, 0.1) is 6.92 Å². The lowest BCUT2D eigenvalue weighted by molar-refractivity contribution is 0.0988. The number of aliphatic hydroxyl groups is 1. The quantitative estimate of drug-likeness (QED) is 0.330. The van der Waals surface area contributed by atoms with Gasteiger partial charge in [-0.1, -0.05) is 43.7 Å². The summed E-state index contributed by atoms with van der Waals surface area (Å²) in [6, 6.07) is 16.9. The summed E-state index contributed by atoms with van der Waals surface area (Å²) in [7, 11) is 3.19. The van der Waals surface area contributed by atoms with Crippen LogP contribution in [0.2, 0.25) is 0 Å². The predicted molar refractivity (Wildman–Crippen MR) is 142 cm³/mol. The van der Waals surface area contributed by atoms with Gasteiger partial charge in [0.1, 0.15) is 11.9 Å². The Morgan fingerprint density at radius 2 is 1.31 bits per heavy atom. The van der Waals surface area contributed by atoms with Crippen LogP contribution in [0.4, 0.5) is 0 Å². The molecule has 0 aliphatic rings. The number of aromatic hydroxyl groups is 1. The molecule has 3 rings (SSSR count). The van der Waals surface area contributed by atoms with Crippen molar-refractivity contribution >= 4 is 0 Å². The second-order valence-corrected chi connectivity index (χ2v) is 9.52. The number of methoxy groups -OCH3 is 2. The second kappa shape index (κ2) is 12.0. The summed E-state index contributed by atoms with van der Waals surface area (Å²) in [4.78, 5) is 0. The standard InChI is InChI=1S/C30H38O6/c1-18(2)21-9-12-26(27(15-21)33-6)36-29(17-31)30(23-14-20(5)8-11-24(23)32)22-10-13-25(35-19(3)4)28(16-22)34-7/h8-16,18-19,29-32H,17H2,1-7H3. The minimum atomic E-state index is -0.724. The maximum absolute atomic E-state index is 10.9. The zero-order valence-corrected chi connectivity index (χ0v) is 22.2. The third kappa shape index (κ3) is 6.24. The molecule has 0 heterocycles. The van der Waals surface area contributed by atoms with Crippen LogP contribution < -0.4 is 18.9 Å². The van der Waals surface area contributed by atoms with Crippen LogP contribution in [0.25, 0.3) is 0 Å². The molecule has 0 fully saturated rings. The van der Waals surface area contributed by atoms with Gasteiger partial charge in [-0.25, -0.2) is 0 Å². The van der Waals surface area contributed by atoms with Crippen molar-refractivity contribution in [2.24, 2.45) is 0 Å². The van der Waals surface area contributed by atoms with Crippen molar-refractivity contribution in [2.75, 3.05) is 20.8 Å². The number of ether oxygens (including phenoxy) is 4. The molecule has 0 spiro atoms. The van der Waals surface area contributed by atoms with Gasteiger partial charge in [0.15, 0.2) is 23.0 Å². The van der Waals surface area contributed by atoms with Crippen LogP contribution in [-0.2, 0) is 0 Å². The highest BCUT2D eigenvalue weighted by Gasteiger charge is 2.31. The Labute approximate surface area is 214 Å². The monoisotopic (exact) mass is 494 g/mol. The minimum Gasteiger partial charge on any atom is -0.508 e. The molecule has 6 heteroatoms. The molecule has 0 radical (unpaired) electrons. The first-order valence-corrected chi connectivity index (χ1v) is 12.3. The molecule has 3 aromatic carbocycles. The van der Waals surface area contributed by atoms with Crippen LogP contribution in [0.3, 0.4) is 0 Å². The molecule has 0 aliphatic carbocycles. The van der Waals surface area contributed by atoms with Gasteiger partial charge in [-0.2, -0.15) is 0 Å². The normalized spacial score (nSPS) is 12.9. The highest BCUT2D eigenvalue weighted by atomic mass is 16.5. The Kier molecular flexibility index (Phi) is 9.10. The van der Waals surface area contributed by atoms with E-state index in [9.17, 15) is 10.2 Å². The molecule has 0 saturated heterocycles. The number of hydrogen-bond acceptors (Lipinski definition) is 6. The molecule has 0 bridgehead atoms. The number of benzene rings is 3. The van der Waals surface area contributed by atoms with Crippen molar-refractivity contribution in [1.29, 1.82) is 0 Å². The van der Waals surface area contributed by atoms with Crippen LogP contribution in [0.5, 0.6) is 28.7 Å². The summed E-state index contributed by atoms with van der Waals surface area (Å²) in [5.41, 5.74) is 3.56. The first-order valence-electron chi connectivity index (χ1n) is 12.3. The largest absolute Gasteiger partial charge is 0.508 e. The van der Waals surface area contributed by atoms with Gasteiger partial charge in [0.2, 0.25) is 0 Å². The van der Waals surface area contributed by atoms with Crippen molar-refractivity contribution in [3.63, 3.8) is 0 Å². The van der Waals surface area contributed by atoms with E-state index in [1.54, 1.807) is 20.3 Å². The van der Waals surface area contributed by atoms with Crippen molar-refractivity contribution in [2.45, 2.75) is 58.7 Å². The number of aliphatic hydroxyl groups excluding tert-OH is 1. The molecular formula is C30H38O6. The van der Waals surface area contributed by atoms with Crippen molar-refractivity contribution < 1.29 is 29.2 Å². The van der Waals surface area contributed by atoms with Gasteiger partial charge in [0, 0.05) is 5.56 Å². The van der Waals surface area contributed by atoms with Crippen LogP contribution in [-0.4, -0.2) is 43.2 Å². The first kappa shape index (κ1) is 27.2. The molecule has 0 amide bonds. The summed E-state index contributed by atoms with van der Waals surface area (Å²) in [6.07, 6.45) is -0.741. The SMILES string of the molecule is COc1cc(C(c2cc(C)ccc2O)C(CO)Oc2ccc(C(C)C)cc2OC)ccc1OC(C)C. The zero-order valence-electron chi connectivity index (χ0n) is 22.2. The van der Waals surface area contributed by atoms with E-state index >= 15 is 0 Å². The zero-order chi connectivity index (χ0) is 26.4. The fraction of sp³-hybridized carbons (Fsp3) is 0.400. The Morgan fingerprint density at radius 1 is 0.722 bits per heavy atom. The third-order valence-corrected chi connectivity index (χ3v) is 6.11. The lowest BCUT2D eigenvalue weighted by Gasteiger charge is -2.29. The summed E-state index contributed by atoms with van der Waals surface area (Å²) < 4.78 is 23.5. The van der Waals surface area contributed by atoms with Gasteiger partial charge in [0.05, 0.1) is 32.8 Å². The summed E-state index contributed by atoms with van der Waals surface area (Å²) in [5.74, 6) is 2.24. The fourth-order valence-corrected chi connectivity index (χ4v) is 4.26. The van der Waals surface area contributed by atoms with E-state index in [4.69, 9.17) is 18.9 Å². The van der Waals surface area contributed by atoms with E-state index in [1.165, 1.54) is 0 Å². The average molecular weight is 495 g/mol. The molecule has 36 heavy (non-hydrogen) atoms. The van der Waals surface area contributed by atoms with Gasteiger partial charge in [-0.3, -0.25) is 0 Å². The predicted octanol–water partition coefficient (Wildman–Crippen LogP) is 6.20. The van der Waals surface area contributed by atoms with E-state index in [0.29, 0.717) is 34.5 Å². The summed E-state index contributed by atoms with van der Waals surface area (Å²) in [5, 5.41) is 21.4. The molecule has 2 unspecified atom stereocenters. The Balaban J connectivity index is 2.12. The number of hydrogen-bond donors (Lipinski definition) is 2. The van der Waals surface area contributed by atoms with Gasteiger partial charge in [-0.15, -0.1) is 0 Å². The molecule has 2 N–H and O–H groups in total. The molecule has 0 aliphatic heterocycles. The molecule has 2 atom stereocenters. The van der Waals surface area contributed by atoms with Crippen LogP contribution >= 0.6 is 0 Å². The Hall–Kier alpha value is -3.38. The van der Waals surface area contributed by atoms with Crippen molar-refractivity contribution in [3.05, 3.63) is 76.9 Å². The third-order valence-electron chi connectivity index (χ3n) is 6.11. The number of rotatable bonds is 11. The van der Waals surface area contributed by atoms with E-state index in [1.807, 2.05) is 69.3 Å². The maximum Gasteiger partial charge on any atom is 0.161 e. The lowest BCUT2D eigenvalue weighted by atomic mass is 9.85. The van der Waals surface area contributed by atoms with Crippen LogP contribution in [0.15, 0.2) is 54.6 Å². The number of phenolic OH excluding ortho intramolecular Hbond substituents is 1. The van der Waals surface area contributed by atoms with Gasteiger partial charge >= 0.3 is 0 Å². The molecule has 194 valence electrons. The van der Waals surface area contributed by atoms with Crippen molar-refractivity contribution in [1.82, 2.24) is 0 Å². The fourth-order valence-electron chi connectivity index (χ4n) is 4.26. The minimum absolute atomic E-state index is 0.0174. The van der Waals surface area contributed by atoms with Gasteiger partial charge in [0.25, 0.3) is 0 Å². The van der Waals surface area contributed by atoms with Crippen LogP contribution in [0.1, 0.15) is 61.8 Å². The van der Waals surface area contributed by atoms with Crippen molar-refractivity contribution in [3.8, 4) is 28.7 Å². The average Bonchev–Trinajstić information content (AvgIpc) is 2.85. The molecule has 3 aromatic rings. The highest BCUT2D eigenvalue weighted by Crippen LogP contribution is 2.41. The molecular weight excluding hydrogens is 456 g/mol. The van der Waals surface area contributed by atoms with Gasteiger partial charge < -0.3 is 29.2 Å². The Morgan fingerprint density at radius 3 is 1.86 bits per heavy atom. The topological polar surface area (TPSA) is 77.4 Å². The lowest BCUT2D eigenvalue weighted by Crippen LogP contribution is -2.30. The molecule has 0 saturated carbocycles. The second-order valence-electron chi connectivity index (χ2n) is 9.52. The smallest absolute Gasteiger partial charge is 0.161 e. The number of aryl methyl sites for hydroxylation is 1. The highest BCUT2D eigenvalue weighted by molar-refractivity contribution is 5.51.